The highest BCUT2D eigenvalue weighted by atomic mass is 19.4. The van der Waals surface area contributed by atoms with Gasteiger partial charge in [0.2, 0.25) is 5.91 Å². The summed E-state index contributed by atoms with van der Waals surface area (Å²) in [4.78, 5) is 12.7. The van der Waals surface area contributed by atoms with E-state index in [-0.39, 0.29) is 18.6 Å². The van der Waals surface area contributed by atoms with Crippen LogP contribution in [0, 0.1) is 0 Å². The molecule has 1 atom stereocenters. The summed E-state index contributed by atoms with van der Waals surface area (Å²) in [6, 6.07) is 0. The number of likely N-dealkylation sites (tertiary alicyclic amines) is 1. The van der Waals surface area contributed by atoms with E-state index in [0.717, 1.165) is 4.90 Å². The number of nitrogens with zero attached hydrogens (tertiary/aromatic N) is 1. The van der Waals surface area contributed by atoms with Crippen LogP contribution in [0.4, 0.5) is 13.2 Å². The molecule has 1 amide bonds. The number of rotatable bonds is 2. The molecule has 106 valence electrons. The zero-order chi connectivity index (χ0) is 14.2. The van der Waals surface area contributed by atoms with Crippen molar-refractivity contribution in [3.8, 4) is 0 Å². The first-order valence-corrected chi connectivity index (χ1v) is 5.76. The maximum Gasteiger partial charge on any atom is 0.419 e. The Morgan fingerprint density at radius 3 is 2.33 bits per heavy atom. The van der Waals surface area contributed by atoms with Crippen LogP contribution in [0.15, 0.2) is 0 Å². The molecule has 1 aliphatic rings. The molecule has 0 spiro atoms. The molecule has 1 fully saturated rings. The number of nitrogens with one attached hydrogen (secondary N) is 1. The second-order valence-electron chi connectivity index (χ2n) is 5.70. The Morgan fingerprint density at radius 2 is 1.94 bits per heavy atom. The molecule has 4 nitrogen and oxygen atoms in total. The summed E-state index contributed by atoms with van der Waals surface area (Å²) in [5.41, 5.74) is -3.04. The first kappa shape index (κ1) is 15.2. The molecule has 0 aliphatic carbocycles. The number of β-amino-alcohol motifs (C(OH)–C–C–N with tert-alkyl or cyclic N) is 1. The molecule has 2 N–H and O–H groups in total. The fourth-order valence-corrected chi connectivity index (χ4v) is 1.69. The van der Waals surface area contributed by atoms with Gasteiger partial charge in [-0.3, -0.25) is 4.79 Å². The zero-order valence-electron chi connectivity index (χ0n) is 10.8. The van der Waals surface area contributed by atoms with Gasteiger partial charge in [-0.05, 0) is 20.8 Å². The van der Waals surface area contributed by atoms with Crippen molar-refractivity contribution in [3.05, 3.63) is 0 Å². The van der Waals surface area contributed by atoms with Gasteiger partial charge in [0.25, 0.3) is 0 Å². The molecule has 1 unspecified atom stereocenters. The number of alkyl halides is 3. The van der Waals surface area contributed by atoms with Crippen LogP contribution in [0.2, 0.25) is 0 Å². The van der Waals surface area contributed by atoms with E-state index in [1.165, 1.54) is 0 Å². The normalized spacial score (nSPS) is 25.6. The SMILES string of the molecule is CC(C)(C)NCC(=O)N1CCC(O)(C(F)(F)F)C1. The quantitative estimate of drug-likeness (QED) is 0.782. The molecule has 1 heterocycles. The van der Waals surface area contributed by atoms with Gasteiger partial charge in [0.15, 0.2) is 5.60 Å². The molecule has 0 aromatic heterocycles. The van der Waals surface area contributed by atoms with Gasteiger partial charge in [0, 0.05) is 18.5 Å². The molecule has 1 rings (SSSR count). The minimum atomic E-state index is -4.69. The Morgan fingerprint density at radius 1 is 1.39 bits per heavy atom. The van der Waals surface area contributed by atoms with Crippen LogP contribution in [0.3, 0.4) is 0 Å². The average Bonchev–Trinajstić information content (AvgIpc) is 2.56. The van der Waals surface area contributed by atoms with E-state index >= 15 is 0 Å². The second kappa shape index (κ2) is 4.70. The third-order valence-electron chi connectivity index (χ3n) is 2.90. The lowest BCUT2D eigenvalue weighted by atomic mass is 10.0. The van der Waals surface area contributed by atoms with E-state index < -0.39 is 30.7 Å². The lowest BCUT2D eigenvalue weighted by Crippen LogP contribution is -2.49. The number of aliphatic hydroxyl groups is 1. The Bertz CT molecular complexity index is 325. The molecule has 18 heavy (non-hydrogen) atoms. The van der Waals surface area contributed by atoms with Crippen LogP contribution >= 0.6 is 0 Å². The first-order valence-electron chi connectivity index (χ1n) is 5.76. The topological polar surface area (TPSA) is 52.6 Å². The molecule has 7 heteroatoms. The summed E-state index contributed by atoms with van der Waals surface area (Å²) in [5.74, 6) is -0.426. The van der Waals surface area contributed by atoms with Crippen LogP contribution < -0.4 is 5.32 Å². The Kier molecular flexibility index (Phi) is 3.97. The predicted molar refractivity (Wildman–Crippen MR) is 60.0 cm³/mol. The first-order chi connectivity index (χ1) is 7.95. The number of hydrogen-bond donors (Lipinski definition) is 2. The highest BCUT2D eigenvalue weighted by Crippen LogP contribution is 2.37. The fraction of sp³-hybridized carbons (Fsp3) is 0.909. The standard InChI is InChI=1S/C11H19F3N2O2/c1-9(2,3)15-6-8(17)16-5-4-10(18,7-16)11(12,13)14/h15,18H,4-7H2,1-3H3. The highest BCUT2D eigenvalue weighted by Gasteiger charge is 2.57. The minimum Gasteiger partial charge on any atom is -0.379 e. The van der Waals surface area contributed by atoms with Crippen molar-refractivity contribution in [2.45, 2.75) is 44.5 Å². The molecule has 0 aromatic rings. The van der Waals surface area contributed by atoms with Gasteiger partial charge in [-0.2, -0.15) is 13.2 Å². The summed E-state index contributed by atoms with van der Waals surface area (Å²) in [5, 5.41) is 12.3. The average molecular weight is 268 g/mol. The van der Waals surface area contributed by atoms with Gasteiger partial charge in [0.1, 0.15) is 0 Å². The van der Waals surface area contributed by atoms with Gasteiger partial charge in [-0.15, -0.1) is 0 Å². The van der Waals surface area contributed by atoms with E-state index in [1.54, 1.807) is 0 Å². The molecule has 0 bridgehead atoms. The molecule has 0 radical (unpaired) electrons. The monoisotopic (exact) mass is 268 g/mol. The van der Waals surface area contributed by atoms with Crippen LogP contribution in [-0.2, 0) is 4.79 Å². The number of carbonyl (C=O) groups excluding carboxylic acids is 1. The summed E-state index contributed by atoms with van der Waals surface area (Å²) < 4.78 is 37.7. The molecule has 0 aromatic carbocycles. The number of carbonyl (C=O) groups is 1. The van der Waals surface area contributed by atoms with E-state index in [0.29, 0.717) is 0 Å². The Labute approximate surface area is 104 Å². The van der Waals surface area contributed by atoms with E-state index in [1.807, 2.05) is 20.8 Å². The smallest absolute Gasteiger partial charge is 0.379 e. The van der Waals surface area contributed by atoms with Crippen molar-refractivity contribution in [1.82, 2.24) is 10.2 Å². The maximum absolute atomic E-state index is 12.6. The predicted octanol–water partition coefficient (Wildman–Crippen LogP) is 0.900. The Balaban J connectivity index is 2.55. The molecular weight excluding hydrogens is 249 g/mol. The zero-order valence-corrected chi connectivity index (χ0v) is 10.8. The van der Waals surface area contributed by atoms with Crippen molar-refractivity contribution >= 4 is 5.91 Å². The van der Waals surface area contributed by atoms with E-state index in [9.17, 15) is 23.1 Å². The van der Waals surface area contributed by atoms with Crippen molar-refractivity contribution < 1.29 is 23.1 Å². The third-order valence-corrected chi connectivity index (χ3v) is 2.90. The second-order valence-corrected chi connectivity index (χ2v) is 5.70. The summed E-state index contributed by atoms with van der Waals surface area (Å²) >= 11 is 0. The van der Waals surface area contributed by atoms with E-state index in [4.69, 9.17) is 0 Å². The summed E-state index contributed by atoms with van der Waals surface area (Å²) in [7, 11) is 0. The van der Waals surface area contributed by atoms with Crippen molar-refractivity contribution in [1.29, 1.82) is 0 Å². The highest BCUT2D eigenvalue weighted by molar-refractivity contribution is 5.78. The lowest BCUT2D eigenvalue weighted by molar-refractivity contribution is -0.253. The van der Waals surface area contributed by atoms with Gasteiger partial charge in [-0.1, -0.05) is 0 Å². The Hall–Kier alpha value is -0.820. The van der Waals surface area contributed by atoms with Crippen LogP contribution in [-0.4, -0.2) is 52.9 Å². The van der Waals surface area contributed by atoms with Gasteiger partial charge < -0.3 is 15.3 Å². The van der Waals surface area contributed by atoms with Crippen LogP contribution in [0.5, 0.6) is 0 Å². The number of hydrogen-bond acceptors (Lipinski definition) is 3. The van der Waals surface area contributed by atoms with Crippen molar-refractivity contribution in [2.75, 3.05) is 19.6 Å². The van der Waals surface area contributed by atoms with Gasteiger partial charge >= 0.3 is 6.18 Å². The summed E-state index contributed by atoms with van der Waals surface area (Å²) in [6.45, 7) is 4.79. The van der Waals surface area contributed by atoms with E-state index in [2.05, 4.69) is 5.32 Å². The van der Waals surface area contributed by atoms with Crippen molar-refractivity contribution in [3.63, 3.8) is 0 Å². The lowest BCUT2D eigenvalue weighted by Gasteiger charge is -2.27. The molecule has 1 saturated heterocycles. The largest absolute Gasteiger partial charge is 0.419 e. The minimum absolute atomic E-state index is 0.0303. The fourth-order valence-electron chi connectivity index (χ4n) is 1.69. The van der Waals surface area contributed by atoms with Crippen LogP contribution in [0.1, 0.15) is 27.2 Å². The molecular formula is C11H19F3N2O2. The van der Waals surface area contributed by atoms with Gasteiger partial charge in [-0.25, -0.2) is 0 Å². The molecule has 0 saturated carbocycles. The maximum atomic E-state index is 12.6. The third kappa shape index (κ3) is 3.58. The number of amides is 1. The number of halogens is 3. The molecule has 1 aliphatic heterocycles. The van der Waals surface area contributed by atoms with Gasteiger partial charge in [0.05, 0.1) is 13.1 Å². The van der Waals surface area contributed by atoms with Crippen LogP contribution in [0.25, 0.3) is 0 Å². The summed E-state index contributed by atoms with van der Waals surface area (Å²) in [6.07, 6.45) is -5.16. The van der Waals surface area contributed by atoms with Crippen molar-refractivity contribution in [2.24, 2.45) is 0 Å².